The standard InChI is InChI=1S/C14H23NO2/c1-5-14(6-2,10-16)9-15-11(3)7-13(17)8-12(15)4/h7-8,16H,5-6,9-10H2,1-4H3. The predicted octanol–water partition coefficient (Wildman–Crippen LogP) is 2.26. The smallest absolute Gasteiger partial charge is 0.182 e. The van der Waals surface area contributed by atoms with E-state index >= 15 is 0 Å². The molecule has 1 aromatic rings. The number of hydrogen-bond acceptors (Lipinski definition) is 2. The van der Waals surface area contributed by atoms with Crippen molar-refractivity contribution in [3.63, 3.8) is 0 Å². The van der Waals surface area contributed by atoms with E-state index in [1.165, 1.54) is 0 Å². The van der Waals surface area contributed by atoms with Crippen LogP contribution in [0.4, 0.5) is 0 Å². The van der Waals surface area contributed by atoms with Gasteiger partial charge in [-0.3, -0.25) is 4.79 Å². The molecular weight excluding hydrogens is 214 g/mol. The molecule has 1 aromatic heterocycles. The monoisotopic (exact) mass is 237 g/mol. The normalized spacial score (nSPS) is 11.8. The summed E-state index contributed by atoms with van der Waals surface area (Å²) in [6, 6.07) is 3.31. The number of rotatable bonds is 5. The highest BCUT2D eigenvalue weighted by Crippen LogP contribution is 2.28. The van der Waals surface area contributed by atoms with E-state index in [0.717, 1.165) is 30.8 Å². The third-order valence-electron chi connectivity index (χ3n) is 3.88. The lowest BCUT2D eigenvalue weighted by atomic mass is 9.83. The Bertz CT molecular complexity index is 396. The average Bonchev–Trinajstić information content (AvgIpc) is 2.29. The van der Waals surface area contributed by atoms with Crippen LogP contribution in [-0.4, -0.2) is 16.3 Å². The van der Waals surface area contributed by atoms with Gasteiger partial charge < -0.3 is 9.67 Å². The van der Waals surface area contributed by atoms with Crippen LogP contribution >= 0.6 is 0 Å². The first-order chi connectivity index (χ1) is 7.98. The molecule has 0 aliphatic heterocycles. The Kier molecular flexibility index (Phi) is 4.52. The van der Waals surface area contributed by atoms with E-state index in [0.29, 0.717) is 0 Å². The largest absolute Gasteiger partial charge is 0.396 e. The SMILES string of the molecule is CCC(CC)(CO)Cn1c(C)cc(=O)cc1C. The number of aryl methyl sites for hydroxylation is 2. The molecule has 1 N–H and O–H groups in total. The summed E-state index contributed by atoms with van der Waals surface area (Å²) in [5.41, 5.74) is 1.91. The van der Waals surface area contributed by atoms with E-state index < -0.39 is 0 Å². The number of aliphatic hydroxyl groups excluding tert-OH is 1. The lowest BCUT2D eigenvalue weighted by molar-refractivity contribution is 0.0944. The Hall–Kier alpha value is -1.09. The zero-order chi connectivity index (χ0) is 13.1. The second-order valence-corrected chi connectivity index (χ2v) is 4.93. The first-order valence-electron chi connectivity index (χ1n) is 6.27. The summed E-state index contributed by atoms with van der Waals surface area (Å²) in [6.45, 7) is 9.06. The minimum atomic E-state index is -0.0788. The zero-order valence-electron chi connectivity index (χ0n) is 11.3. The lowest BCUT2D eigenvalue weighted by Gasteiger charge is -2.32. The van der Waals surface area contributed by atoms with Crippen molar-refractivity contribution in [1.82, 2.24) is 4.57 Å². The fourth-order valence-electron chi connectivity index (χ4n) is 2.22. The van der Waals surface area contributed by atoms with E-state index in [-0.39, 0.29) is 17.5 Å². The average molecular weight is 237 g/mol. The van der Waals surface area contributed by atoms with Gasteiger partial charge in [-0.1, -0.05) is 13.8 Å². The maximum atomic E-state index is 11.4. The van der Waals surface area contributed by atoms with E-state index in [9.17, 15) is 9.90 Å². The van der Waals surface area contributed by atoms with Crippen molar-refractivity contribution in [2.45, 2.75) is 47.1 Å². The van der Waals surface area contributed by atoms with Gasteiger partial charge in [-0.15, -0.1) is 0 Å². The highest BCUT2D eigenvalue weighted by Gasteiger charge is 2.26. The van der Waals surface area contributed by atoms with Crippen LogP contribution in [0.1, 0.15) is 38.1 Å². The van der Waals surface area contributed by atoms with Crippen molar-refractivity contribution in [1.29, 1.82) is 0 Å². The van der Waals surface area contributed by atoms with Crippen LogP contribution in [0.15, 0.2) is 16.9 Å². The van der Waals surface area contributed by atoms with Gasteiger partial charge >= 0.3 is 0 Å². The van der Waals surface area contributed by atoms with Crippen molar-refractivity contribution < 1.29 is 5.11 Å². The van der Waals surface area contributed by atoms with Gasteiger partial charge in [0.15, 0.2) is 5.43 Å². The molecule has 0 aliphatic rings. The fraction of sp³-hybridized carbons (Fsp3) is 0.643. The van der Waals surface area contributed by atoms with E-state index in [4.69, 9.17) is 0 Å². The van der Waals surface area contributed by atoms with Gasteiger partial charge in [0.1, 0.15) is 0 Å². The molecule has 0 saturated carbocycles. The van der Waals surface area contributed by atoms with Gasteiger partial charge in [0.05, 0.1) is 6.61 Å². The molecule has 1 rings (SSSR count). The topological polar surface area (TPSA) is 42.2 Å². The zero-order valence-corrected chi connectivity index (χ0v) is 11.3. The van der Waals surface area contributed by atoms with Crippen LogP contribution in [0.25, 0.3) is 0 Å². The third kappa shape index (κ3) is 2.97. The molecular formula is C14H23NO2. The van der Waals surface area contributed by atoms with Crippen LogP contribution < -0.4 is 5.43 Å². The molecule has 3 heteroatoms. The van der Waals surface area contributed by atoms with Crippen LogP contribution in [-0.2, 0) is 6.54 Å². The highest BCUT2D eigenvalue weighted by atomic mass is 16.3. The molecule has 0 spiro atoms. The molecule has 0 unspecified atom stereocenters. The van der Waals surface area contributed by atoms with Gasteiger partial charge in [-0.05, 0) is 26.7 Å². The van der Waals surface area contributed by atoms with Gasteiger partial charge in [0, 0.05) is 35.5 Å². The molecule has 0 bridgehead atoms. The fourth-order valence-corrected chi connectivity index (χ4v) is 2.22. The first-order valence-corrected chi connectivity index (χ1v) is 6.27. The summed E-state index contributed by atoms with van der Waals surface area (Å²) in [4.78, 5) is 11.4. The molecule has 0 atom stereocenters. The summed E-state index contributed by atoms with van der Waals surface area (Å²) >= 11 is 0. The molecule has 0 fully saturated rings. The molecule has 0 saturated heterocycles. The summed E-state index contributed by atoms with van der Waals surface area (Å²) < 4.78 is 2.13. The lowest BCUT2D eigenvalue weighted by Crippen LogP contribution is -2.31. The Labute approximate surface area is 103 Å². The number of aromatic nitrogens is 1. The molecule has 17 heavy (non-hydrogen) atoms. The van der Waals surface area contributed by atoms with Crippen molar-refractivity contribution in [2.24, 2.45) is 5.41 Å². The Morgan fingerprint density at radius 1 is 1.18 bits per heavy atom. The molecule has 0 aromatic carbocycles. The molecule has 0 radical (unpaired) electrons. The van der Waals surface area contributed by atoms with Gasteiger partial charge in [0.25, 0.3) is 0 Å². The van der Waals surface area contributed by atoms with Crippen molar-refractivity contribution in [2.75, 3.05) is 6.61 Å². The number of pyridine rings is 1. The molecule has 0 amide bonds. The second-order valence-electron chi connectivity index (χ2n) is 4.93. The third-order valence-corrected chi connectivity index (χ3v) is 3.88. The van der Waals surface area contributed by atoms with Crippen LogP contribution in [0, 0.1) is 19.3 Å². The maximum absolute atomic E-state index is 11.4. The Morgan fingerprint density at radius 2 is 1.65 bits per heavy atom. The minimum Gasteiger partial charge on any atom is -0.396 e. The molecule has 0 aliphatic carbocycles. The molecule has 3 nitrogen and oxygen atoms in total. The number of hydrogen-bond donors (Lipinski definition) is 1. The summed E-state index contributed by atoms with van der Waals surface area (Å²) in [5.74, 6) is 0. The van der Waals surface area contributed by atoms with E-state index in [1.54, 1.807) is 12.1 Å². The van der Waals surface area contributed by atoms with Crippen LogP contribution in [0.5, 0.6) is 0 Å². The van der Waals surface area contributed by atoms with Crippen molar-refractivity contribution >= 4 is 0 Å². The second kappa shape index (κ2) is 5.50. The number of nitrogens with zero attached hydrogens (tertiary/aromatic N) is 1. The maximum Gasteiger partial charge on any atom is 0.182 e. The van der Waals surface area contributed by atoms with E-state index in [2.05, 4.69) is 18.4 Å². The van der Waals surface area contributed by atoms with Crippen molar-refractivity contribution in [3.05, 3.63) is 33.7 Å². The number of aliphatic hydroxyl groups is 1. The van der Waals surface area contributed by atoms with Crippen LogP contribution in [0.2, 0.25) is 0 Å². The first kappa shape index (κ1) is 14.0. The van der Waals surface area contributed by atoms with Gasteiger partial charge in [-0.25, -0.2) is 0 Å². The Morgan fingerprint density at radius 3 is 2.00 bits per heavy atom. The highest BCUT2D eigenvalue weighted by molar-refractivity contribution is 5.12. The summed E-state index contributed by atoms with van der Waals surface area (Å²) in [7, 11) is 0. The van der Waals surface area contributed by atoms with Gasteiger partial charge in [-0.2, -0.15) is 0 Å². The predicted molar refractivity (Wildman–Crippen MR) is 70.3 cm³/mol. The van der Waals surface area contributed by atoms with Crippen molar-refractivity contribution in [3.8, 4) is 0 Å². The summed E-state index contributed by atoms with van der Waals surface area (Å²) in [6.07, 6.45) is 1.87. The van der Waals surface area contributed by atoms with E-state index in [1.807, 2.05) is 13.8 Å². The molecule has 96 valence electrons. The van der Waals surface area contributed by atoms with Crippen LogP contribution in [0.3, 0.4) is 0 Å². The quantitative estimate of drug-likeness (QED) is 0.853. The van der Waals surface area contributed by atoms with Gasteiger partial charge in [0.2, 0.25) is 0 Å². The minimum absolute atomic E-state index is 0.0545. The molecule has 1 heterocycles. The summed E-state index contributed by atoms with van der Waals surface area (Å²) in [5, 5.41) is 9.60. The Balaban J connectivity index is 3.14.